The standard InChI is InChI=1S/C20H25ClN4OS/c1-13-4-2-3-5-17(13)22-20(27)25(16-10-11-16)12-18-23-24-19(26-18)14-6-8-15(21)9-7-14/h6-9,13,16-17H,2-5,10-12H2,1H3,(H,22,27)/t13-,17+/m1/s1. The first-order valence-corrected chi connectivity index (χ1v) is 10.5. The minimum Gasteiger partial charge on any atom is -0.419 e. The molecule has 0 radical (unpaired) electrons. The van der Waals surface area contributed by atoms with Gasteiger partial charge in [-0.1, -0.05) is 31.4 Å². The number of nitrogens with zero attached hydrogens (tertiary/aromatic N) is 3. The fourth-order valence-electron chi connectivity index (χ4n) is 3.70. The van der Waals surface area contributed by atoms with Gasteiger partial charge in [-0.15, -0.1) is 10.2 Å². The summed E-state index contributed by atoms with van der Waals surface area (Å²) in [4.78, 5) is 2.22. The van der Waals surface area contributed by atoms with Crippen molar-refractivity contribution in [3.63, 3.8) is 0 Å². The maximum absolute atomic E-state index is 5.95. The summed E-state index contributed by atoms with van der Waals surface area (Å²) in [6.45, 7) is 2.87. The average Bonchev–Trinajstić information content (AvgIpc) is 3.40. The summed E-state index contributed by atoms with van der Waals surface area (Å²) in [5.41, 5.74) is 0.868. The highest BCUT2D eigenvalue weighted by Gasteiger charge is 2.33. The molecule has 2 atom stereocenters. The van der Waals surface area contributed by atoms with Crippen molar-refractivity contribution < 1.29 is 4.42 Å². The average molecular weight is 405 g/mol. The molecule has 0 bridgehead atoms. The molecule has 2 aliphatic rings. The van der Waals surface area contributed by atoms with E-state index in [9.17, 15) is 0 Å². The van der Waals surface area contributed by atoms with Crippen molar-refractivity contribution in [3.8, 4) is 11.5 Å². The smallest absolute Gasteiger partial charge is 0.247 e. The van der Waals surface area contributed by atoms with Gasteiger partial charge in [0.1, 0.15) is 0 Å². The van der Waals surface area contributed by atoms with Gasteiger partial charge in [0.15, 0.2) is 5.11 Å². The van der Waals surface area contributed by atoms with E-state index < -0.39 is 0 Å². The van der Waals surface area contributed by atoms with Gasteiger partial charge < -0.3 is 14.6 Å². The number of hydrogen-bond donors (Lipinski definition) is 1. The molecule has 1 N–H and O–H groups in total. The van der Waals surface area contributed by atoms with E-state index in [1.165, 1.54) is 38.5 Å². The molecular weight excluding hydrogens is 380 g/mol. The van der Waals surface area contributed by atoms with Crippen LogP contribution in [0.1, 0.15) is 51.3 Å². The summed E-state index contributed by atoms with van der Waals surface area (Å²) >= 11 is 11.7. The normalized spacial score (nSPS) is 22.4. The van der Waals surface area contributed by atoms with E-state index in [0.29, 0.717) is 41.4 Å². The Labute approximate surface area is 170 Å². The van der Waals surface area contributed by atoms with Crippen molar-refractivity contribution in [2.75, 3.05) is 0 Å². The van der Waals surface area contributed by atoms with Crippen LogP contribution < -0.4 is 5.32 Å². The van der Waals surface area contributed by atoms with E-state index in [2.05, 4.69) is 27.3 Å². The third-order valence-corrected chi connectivity index (χ3v) is 6.14. The van der Waals surface area contributed by atoms with Crippen LogP contribution in [0, 0.1) is 5.92 Å². The zero-order valence-corrected chi connectivity index (χ0v) is 17.1. The van der Waals surface area contributed by atoms with E-state index in [4.69, 9.17) is 28.2 Å². The van der Waals surface area contributed by atoms with Crippen LogP contribution in [0.3, 0.4) is 0 Å². The second-order valence-electron chi connectivity index (χ2n) is 7.68. The monoisotopic (exact) mass is 404 g/mol. The number of benzene rings is 1. The molecule has 5 nitrogen and oxygen atoms in total. The minimum atomic E-state index is 0.472. The van der Waals surface area contributed by atoms with Gasteiger partial charge in [0.25, 0.3) is 0 Å². The van der Waals surface area contributed by atoms with Crippen LogP contribution in [-0.4, -0.2) is 32.3 Å². The molecular formula is C20H25ClN4OS. The molecule has 1 heterocycles. The summed E-state index contributed by atoms with van der Waals surface area (Å²) in [5.74, 6) is 1.77. The van der Waals surface area contributed by atoms with Crippen molar-refractivity contribution in [1.29, 1.82) is 0 Å². The Morgan fingerprint density at radius 1 is 1.19 bits per heavy atom. The zero-order chi connectivity index (χ0) is 18.8. The number of aromatic nitrogens is 2. The lowest BCUT2D eigenvalue weighted by molar-refractivity contribution is 0.287. The highest BCUT2D eigenvalue weighted by atomic mass is 35.5. The van der Waals surface area contributed by atoms with Crippen molar-refractivity contribution in [1.82, 2.24) is 20.4 Å². The molecule has 0 unspecified atom stereocenters. The molecule has 2 aromatic rings. The summed E-state index contributed by atoms with van der Waals surface area (Å²) < 4.78 is 5.88. The molecule has 7 heteroatoms. The van der Waals surface area contributed by atoms with Crippen LogP contribution >= 0.6 is 23.8 Å². The highest BCUT2D eigenvalue weighted by Crippen LogP contribution is 2.30. The molecule has 2 saturated carbocycles. The molecule has 2 aliphatic carbocycles. The van der Waals surface area contributed by atoms with E-state index in [1.807, 2.05) is 24.3 Å². The summed E-state index contributed by atoms with van der Waals surface area (Å²) in [6, 6.07) is 8.36. The second kappa shape index (κ2) is 8.15. The third kappa shape index (κ3) is 4.61. The van der Waals surface area contributed by atoms with Crippen molar-refractivity contribution in [2.24, 2.45) is 5.92 Å². The molecule has 1 aromatic carbocycles. The quantitative estimate of drug-likeness (QED) is 0.722. The fourth-order valence-corrected chi connectivity index (χ4v) is 4.19. The first kappa shape index (κ1) is 18.7. The molecule has 0 spiro atoms. The first-order chi connectivity index (χ1) is 13.1. The van der Waals surface area contributed by atoms with Gasteiger partial charge in [-0.05, 0) is 68.1 Å². The Balaban J connectivity index is 1.43. The number of rotatable bonds is 5. The van der Waals surface area contributed by atoms with Crippen LogP contribution in [0.5, 0.6) is 0 Å². The zero-order valence-electron chi connectivity index (χ0n) is 15.5. The lowest BCUT2D eigenvalue weighted by Crippen LogP contribution is -2.48. The Kier molecular flexibility index (Phi) is 5.64. The molecule has 144 valence electrons. The van der Waals surface area contributed by atoms with Crippen LogP contribution in [0.15, 0.2) is 28.7 Å². The number of thiocarbonyl (C=S) groups is 1. The minimum absolute atomic E-state index is 0.472. The fraction of sp³-hybridized carbons (Fsp3) is 0.550. The molecule has 27 heavy (non-hydrogen) atoms. The largest absolute Gasteiger partial charge is 0.419 e. The third-order valence-electron chi connectivity index (χ3n) is 5.53. The summed E-state index contributed by atoms with van der Waals surface area (Å²) in [6.07, 6.45) is 7.41. The summed E-state index contributed by atoms with van der Waals surface area (Å²) in [5, 5.41) is 13.5. The second-order valence-corrected chi connectivity index (χ2v) is 8.51. The van der Waals surface area contributed by atoms with Crippen LogP contribution in [-0.2, 0) is 6.54 Å². The van der Waals surface area contributed by atoms with Crippen molar-refractivity contribution >= 4 is 28.9 Å². The number of hydrogen-bond acceptors (Lipinski definition) is 4. The van der Waals surface area contributed by atoms with Gasteiger partial charge in [-0.2, -0.15) is 0 Å². The van der Waals surface area contributed by atoms with Crippen LogP contribution in [0.4, 0.5) is 0 Å². The maximum Gasteiger partial charge on any atom is 0.247 e. The van der Waals surface area contributed by atoms with E-state index in [-0.39, 0.29) is 0 Å². The van der Waals surface area contributed by atoms with Gasteiger partial charge in [0.2, 0.25) is 11.8 Å². The first-order valence-electron chi connectivity index (χ1n) is 9.75. The Bertz CT molecular complexity index is 790. The van der Waals surface area contributed by atoms with Crippen molar-refractivity contribution in [3.05, 3.63) is 35.2 Å². The van der Waals surface area contributed by atoms with Crippen LogP contribution in [0.2, 0.25) is 5.02 Å². The van der Waals surface area contributed by atoms with Gasteiger partial charge in [0.05, 0.1) is 6.54 Å². The van der Waals surface area contributed by atoms with Gasteiger partial charge >= 0.3 is 0 Å². The Morgan fingerprint density at radius 3 is 2.63 bits per heavy atom. The Morgan fingerprint density at radius 2 is 1.93 bits per heavy atom. The predicted octanol–water partition coefficient (Wildman–Crippen LogP) is 4.81. The molecule has 2 fully saturated rings. The van der Waals surface area contributed by atoms with Gasteiger partial charge in [-0.3, -0.25) is 0 Å². The van der Waals surface area contributed by atoms with Crippen LogP contribution in [0.25, 0.3) is 11.5 Å². The van der Waals surface area contributed by atoms with E-state index in [1.54, 1.807) is 0 Å². The Hall–Kier alpha value is -1.66. The molecule has 0 aliphatic heterocycles. The lowest BCUT2D eigenvalue weighted by Gasteiger charge is -2.33. The molecule has 1 aromatic heterocycles. The van der Waals surface area contributed by atoms with Crippen molar-refractivity contribution in [2.45, 2.75) is 64.1 Å². The van der Waals surface area contributed by atoms with Gasteiger partial charge in [-0.25, -0.2) is 0 Å². The number of nitrogens with one attached hydrogen (secondary N) is 1. The van der Waals surface area contributed by atoms with E-state index in [0.717, 1.165) is 10.7 Å². The highest BCUT2D eigenvalue weighted by molar-refractivity contribution is 7.80. The topological polar surface area (TPSA) is 54.2 Å². The lowest BCUT2D eigenvalue weighted by atomic mass is 9.86. The molecule has 0 amide bonds. The molecule has 4 rings (SSSR count). The summed E-state index contributed by atoms with van der Waals surface area (Å²) in [7, 11) is 0. The van der Waals surface area contributed by atoms with E-state index >= 15 is 0 Å². The number of halogens is 1. The maximum atomic E-state index is 5.95. The molecule has 0 saturated heterocycles. The van der Waals surface area contributed by atoms with Gasteiger partial charge in [0, 0.05) is 22.7 Å². The SMILES string of the molecule is C[C@@H]1CCCC[C@@H]1NC(=S)N(Cc1nnc(-c2ccc(Cl)cc2)o1)C1CC1. The predicted molar refractivity (Wildman–Crippen MR) is 110 cm³/mol.